The molecule has 3 heterocycles. The molecule has 1 aromatic carbocycles. The Morgan fingerprint density at radius 3 is 2.59 bits per heavy atom. The number of hydrogen-bond acceptors (Lipinski definition) is 9. The first-order valence-electron chi connectivity index (χ1n) is 11.3. The van der Waals surface area contributed by atoms with Gasteiger partial charge in [-0.25, -0.2) is 14.2 Å². The maximum atomic E-state index is 15.4. The van der Waals surface area contributed by atoms with Crippen LogP contribution in [-0.2, 0) is 16.5 Å². The van der Waals surface area contributed by atoms with Gasteiger partial charge in [-0.2, -0.15) is 24.6 Å². The predicted molar refractivity (Wildman–Crippen MR) is 134 cm³/mol. The fraction of sp³-hybridized carbons (Fsp3) is 0.333. The van der Waals surface area contributed by atoms with Gasteiger partial charge < -0.3 is 14.8 Å². The van der Waals surface area contributed by atoms with E-state index >= 15 is 4.39 Å². The average molecular weight is 511 g/mol. The lowest BCUT2D eigenvalue weighted by Gasteiger charge is -2.25. The fourth-order valence-electron chi connectivity index (χ4n) is 3.51. The second-order valence-corrected chi connectivity index (χ2v) is 9.20. The summed E-state index contributed by atoms with van der Waals surface area (Å²) < 4.78 is 27.2. The number of hydrogen-bond donors (Lipinski definition) is 1. The quantitative estimate of drug-likeness (QED) is 0.371. The summed E-state index contributed by atoms with van der Waals surface area (Å²) in [5, 5.41) is 15.4. The molecule has 0 unspecified atom stereocenters. The molecule has 0 saturated heterocycles. The molecule has 0 saturated carbocycles. The average Bonchev–Trinajstić information content (AvgIpc) is 3.45. The number of rotatable bonds is 7. The van der Waals surface area contributed by atoms with Gasteiger partial charge in [0.05, 0.1) is 23.6 Å². The number of ketones is 1. The van der Waals surface area contributed by atoms with Crippen molar-refractivity contribution >= 4 is 34.8 Å². The summed E-state index contributed by atoms with van der Waals surface area (Å²) in [4.78, 5) is 32.5. The van der Waals surface area contributed by atoms with Crippen molar-refractivity contribution in [2.75, 3.05) is 31.0 Å². The highest BCUT2D eigenvalue weighted by molar-refractivity contribution is 6.02. The molecule has 12 nitrogen and oxygen atoms in total. The second kappa shape index (κ2) is 9.93. The minimum Gasteiger partial charge on any atom is -0.443 e. The molecule has 4 rings (SSSR count). The minimum absolute atomic E-state index is 0.107. The Hall–Kier alpha value is -4.39. The second-order valence-electron chi connectivity index (χ2n) is 9.20. The van der Waals surface area contributed by atoms with E-state index in [1.165, 1.54) is 52.9 Å². The van der Waals surface area contributed by atoms with E-state index in [1.807, 2.05) is 0 Å². The maximum absolute atomic E-state index is 15.4. The number of fused-ring (bicyclic) bond motifs is 1. The van der Waals surface area contributed by atoms with Crippen LogP contribution in [0.2, 0.25) is 0 Å². The molecule has 1 N–H and O–H groups in total. The third-order valence-corrected chi connectivity index (χ3v) is 5.18. The zero-order chi connectivity index (χ0) is 26.9. The summed E-state index contributed by atoms with van der Waals surface area (Å²) in [5.41, 5.74) is 0.300. The van der Waals surface area contributed by atoms with E-state index in [2.05, 4.69) is 25.6 Å². The van der Waals surface area contributed by atoms with Crippen LogP contribution in [-0.4, -0.2) is 67.8 Å². The van der Waals surface area contributed by atoms with Crippen LogP contribution >= 0.6 is 0 Å². The lowest BCUT2D eigenvalue weighted by atomic mass is 10.1. The molecule has 3 aromatic heterocycles. The number of halogens is 1. The lowest BCUT2D eigenvalue weighted by molar-refractivity contribution is 0.0587. The first kappa shape index (κ1) is 25.7. The number of aromatic nitrogens is 6. The first-order valence-corrected chi connectivity index (χ1v) is 11.3. The Balaban J connectivity index is 1.80. The SMILES string of the molecule is COCC(=O)c1cnn2c(N(C)C(=O)OC(C)(C)C)cc(Nc3cccc(-c4cnn(C)n4)c3F)nc12. The van der Waals surface area contributed by atoms with E-state index in [9.17, 15) is 9.59 Å². The van der Waals surface area contributed by atoms with Gasteiger partial charge in [-0.05, 0) is 32.9 Å². The van der Waals surface area contributed by atoms with Gasteiger partial charge in [0.1, 0.15) is 29.5 Å². The van der Waals surface area contributed by atoms with Gasteiger partial charge >= 0.3 is 6.09 Å². The topological polar surface area (TPSA) is 129 Å². The van der Waals surface area contributed by atoms with Crippen LogP contribution in [0.15, 0.2) is 36.7 Å². The van der Waals surface area contributed by atoms with Crippen molar-refractivity contribution in [3.05, 3.63) is 48.0 Å². The molecular weight excluding hydrogens is 483 g/mol. The molecule has 0 aliphatic carbocycles. The number of nitrogens with zero attached hydrogens (tertiary/aromatic N) is 7. The van der Waals surface area contributed by atoms with Gasteiger partial charge in [0, 0.05) is 32.8 Å². The molecule has 0 radical (unpaired) electrons. The van der Waals surface area contributed by atoms with E-state index < -0.39 is 17.5 Å². The highest BCUT2D eigenvalue weighted by Gasteiger charge is 2.25. The van der Waals surface area contributed by atoms with Gasteiger partial charge in [-0.3, -0.25) is 9.69 Å². The number of amides is 1. The minimum atomic E-state index is -0.744. The largest absolute Gasteiger partial charge is 0.443 e. The number of anilines is 3. The summed E-state index contributed by atoms with van der Waals surface area (Å²) in [7, 11) is 4.54. The normalized spacial score (nSPS) is 11.5. The number of methoxy groups -OCH3 is 1. The standard InChI is InChI=1S/C24H27FN8O4/c1-24(2,3)37-23(35)31(4)20-10-19(29-22-15(11-27-33(20)22)18(34)13-36-6)28-16-9-7-8-14(21(16)25)17-12-26-32(5)30-17/h7-12H,13H2,1-6H3,(H,28,29). The molecule has 4 aromatic rings. The number of aryl methyl sites for hydroxylation is 1. The lowest BCUT2D eigenvalue weighted by Crippen LogP contribution is -2.35. The molecule has 194 valence electrons. The smallest absolute Gasteiger partial charge is 0.415 e. The first-order chi connectivity index (χ1) is 17.5. The fourth-order valence-corrected chi connectivity index (χ4v) is 3.51. The molecule has 13 heteroatoms. The summed E-state index contributed by atoms with van der Waals surface area (Å²) in [6.07, 6.45) is 2.15. The van der Waals surface area contributed by atoms with Gasteiger partial charge in [0.25, 0.3) is 0 Å². The van der Waals surface area contributed by atoms with Gasteiger partial charge in [-0.1, -0.05) is 6.07 Å². The van der Waals surface area contributed by atoms with Crippen molar-refractivity contribution in [1.29, 1.82) is 0 Å². The number of carbonyl (C=O) groups is 2. The van der Waals surface area contributed by atoms with Crippen molar-refractivity contribution in [1.82, 2.24) is 29.6 Å². The van der Waals surface area contributed by atoms with Crippen LogP contribution in [0.5, 0.6) is 0 Å². The molecule has 0 fully saturated rings. The molecule has 37 heavy (non-hydrogen) atoms. The van der Waals surface area contributed by atoms with Crippen LogP contribution in [0.4, 0.5) is 26.5 Å². The van der Waals surface area contributed by atoms with E-state index in [-0.39, 0.29) is 46.5 Å². The molecule has 0 aliphatic heterocycles. The zero-order valence-corrected chi connectivity index (χ0v) is 21.3. The Bertz CT molecular complexity index is 1470. The third kappa shape index (κ3) is 5.40. The van der Waals surface area contributed by atoms with Crippen LogP contribution in [0.3, 0.4) is 0 Å². The molecule has 0 spiro atoms. The monoisotopic (exact) mass is 510 g/mol. The number of carbonyl (C=O) groups excluding carboxylic acids is 2. The number of ether oxygens (including phenoxy) is 2. The summed E-state index contributed by atoms with van der Waals surface area (Å²) >= 11 is 0. The van der Waals surface area contributed by atoms with E-state index in [0.717, 1.165) is 0 Å². The molecule has 1 amide bonds. The van der Waals surface area contributed by atoms with Crippen LogP contribution in [0.25, 0.3) is 16.9 Å². The Morgan fingerprint density at radius 1 is 1.19 bits per heavy atom. The van der Waals surface area contributed by atoms with Crippen molar-refractivity contribution in [2.24, 2.45) is 7.05 Å². The maximum Gasteiger partial charge on any atom is 0.415 e. The summed E-state index contributed by atoms with van der Waals surface area (Å²) in [6, 6.07) is 6.28. The third-order valence-electron chi connectivity index (χ3n) is 5.18. The Kier molecular flexibility index (Phi) is 6.90. The summed E-state index contributed by atoms with van der Waals surface area (Å²) in [5.74, 6) is -0.525. The molecule has 0 aliphatic rings. The van der Waals surface area contributed by atoms with Gasteiger partial charge in [-0.15, -0.1) is 0 Å². The Labute approximate surface area is 212 Å². The highest BCUT2D eigenvalue weighted by Crippen LogP contribution is 2.30. The number of Topliss-reactive ketones (excluding diaryl/α,β-unsaturated/α-hetero) is 1. The molecular formula is C24H27FN8O4. The van der Waals surface area contributed by atoms with Crippen LogP contribution in [0.1, 0.15) is 31.1 Å². The van der Waals surface area contributed by atoms with Gasteiger partial charge in [0.2, 0.25) is 0 Å². The summed E-state index contributed by atoms with van der Waals surface area (Å²) in [6.45, 7) is 5.05. The molecule has 0 bridgehead atoms. The molecule has 0 atom stereocenters. The number of benzene rings is 1. The van der Waals surface area contributed by atoms with Crippen LogP contribution < -0.4 is 10.2 Å². The van der Waals surface area contributed by atoms with E-state index in [1.54, 1.807) is 40.0 Å². The zero-order valence-electron chi connectivity index (χ0n) is 21.3. The van der Waals surface area contributed by atoms with Crippen molar-refractivity contribution in [3.8, 4) is 11.3 Å². The van der Waals surface area contributed by atoms with E-state index in [0.29, 0.717) is 5.69 Å². The van der Waals surface area contributed by atoms with E-state index in [4.69, 9.17) is 9.47 Å². The predicted octanol–water partition coefficient (Wildman–Crippen LogP) is 3.61. The number of nitrogens with one attached hydrogen (secondary N) is 1. The van der Waals surface area contributed by atoms with Gasteiger partial charge in [0.15, 0.2) is 17.2 Å². The van der Waals surface area contributed by atoms with Crippen molar-refractivity contribution in [2.45, 2.75) is 26.4 Å². The van der Waals surface area contributed by atoms with Crippen LogP contribution in [0, 0.1) is 5.82 Å². The Morgan fingerprint density at radius 2 is 1.95 bits per heavy atom. The van der Waals surface area contributed by atoms with Crippen molar-refractivity contribution in [3.63, 3.8) is 0 Å². The van der Waals surface area contributed by atoms with Crippen molar-refractivity contribution < 1.29 is 23.5 Å². The highest BCUT2D eigenvalue weighted by atomic mass is 19.1.